The molecule has 1 amide bonds. The molecule has 1 aromatic heterocycles. The summed E-state index contributed by atoms with van der Waals surface area (Å²) in [6.07, 6.45) is 7.07. The molecule has 1 unspecified atom stereocenters. The summed E-state index contributed by atoms with van der Waals surface area (Å²) in [5.74, 6) is -0.416. The lowest BCUT2D eigenvalue weighted by Gasteiger charge is -2.28. The second kappa shape index (κ2) is 10.5. The van der Waals surface area contributed by atoms with Crippen LogP contribution in [0.15, 0.2) is 33.6 Å². The van der Waals surface area contributed by atoms with Crippen molar-refractivity contribution in [1.29, 1.82) is 0 Å². The largest absolute Gasteiger partial charge is 0.480 e. The number of amidine groups is 1. The highest BCUT2D eigenvalue weighted by atomic mass is 16.4. The maximum absolute atomic E-state index is 13.8. The molecule has 0 spiro atoms. The van der Waals surface area contributed by atoms with Gasteiger partial charge in [0.1, 0.15) is 18.1 Å². The average molecular weight is 456 g/mol. The van der Waals surface area contributed by atoms with E-state index in [0.29, 0.717) is 41.3 Å². The summed E-state index contributed by atoms with van der Waals surface area (Å²) in [5.41, 5.74) is 9.29. The summed E-state index contributed by atoms with van der Waals surface area (Å²) in [5, 5.41) is 14.7. The van der Waals surface area contributed by atoms with Crippen molar-refractivity contribution in [2.75, 3.05) is 18.4 Å². The van der Waals surface area contributed by atoms with E-state index in [1.54, 1.807) is 0 Å². The number of aromatic nitrogens is 1. The lowest BCUT2D eigenvalue weighted by atomic mass is 9.84. The molecule has 9 heteroatoms. The van der Waals surface area contributed by atoms with Crippen molar-refractivity contribution in [2.24, 2.45) is 16.6 Å². The van der Waals surface area contributed by atoms with Gasteiger partial charge >= 0.3 is 5.97 Å². The van der Waals surface area contributed by atoms with E-state index in [0.717, 1.165) is 18.4 Å². The van der Waals surface area contributed by atoms with Gasteiger partial charge in [-0.1, -0.05) is 38.7 Å². The second-order valence-corrected chi connectivity index (χ2v) is 8.82. The van der Waals surface area contributed by atoms with Crippen LogP contribution in [-0.2, 0) is 16.0 Å². The molecule has 9 nitrogen and oxygen atoms in total. The fourth-order valence-electron chi connectivity index (χ4n) is 4.79. The molecule has 2 heterocycles. The molecule has 1 aromatic rings. The predicted molar refractivity (Wildman–Crippen MR) is 129 cm³/mol. The van der Waals surface area contributed by atoms with E-state index in [1.807, 2.05) is 19.9 Å². The quantitative estimate of drug-likeness (QED) is 0.420. The van der Waals surface area contributed by atoms with Gasteiger partial charge in [-0.05, 0) is 43.4 Å². The first kappa shape index (κ1) is 24.3. The Balaban J connectivity index is 2.17. The third-order valence-electron chi connectivity index (χ3n) is 6.46. The molecule has 0 radical (unpaired) electrons. The van der Waals surface area contributed by atoms with Crippen LogP contribution in [0, 0.1) is 12.8 Å². The van der Waals surface area contributed by atoms with Crippen molar-refractivity contribution in [1.82, 2.24) is 9.88 Å². The Morgan fingerprint density at radius 1 is 1.36 bits per heavy atom. The Morgan fingerprint density at radius 2 is 2.06 bits per heavy atom. The molecule has 0 saturated heterocycles. The Hall–Kier alpha value is -3.36. The summed E-state index contributed by atoms with van der Waals surface area (Å²) >= 11 is 0. The monoisotopic (exact) mass is 455 g/mol. The first-order valence-electron chi connectivity index (χ1n) is 11.4. The maximum Gasteiger partial charge on any atom is 0.322 e. The van der Waals surface area contributed by atoms with Crippen molar-refractivity contribution >= 4 is 29.6 Å². The van der Waals surface area contributed by atoms with Crippen LogP contribution in [0.3, 0.4) is 0 Å². The SMILES string of the molecule is C=C1C(CNC=O)=C(n2c(C)cc(CC3CCCCC3)c(NCC(=O)O)c2=O)C(N)=NC1C. The first-order chi connectivity index (χ1) is 15.7. The number of hydrogen-bond donors (Lipinski definition) is 4. The summed E-state index contributed by atoms with van der Waals surface area (Å²) in [6.45, 7) is 7.52. The van der Waals surface area contributed by atoms with E-state index in [1.165, 1.54) is 23.8 Å². The standard InChI is InChI=1S/C24H33N5O4/c1-14-9-18(10-17-7-5-4-6-8-17)21(27-12-20(31)32)24(33)29(14)22-19(11-26-13-30)15(2)16(3)28-23(22)25/h9,13,16-17,27H,2,4-8,10-12H2,1,3H3,(H2,25,28)(H,26,30)(H,31,32). The Bertz CT molecular complexity index is 1060. The lowest BCUT2D eigenvalue weighted by Crippen LogP contribution is -2.37. The van der Waals surface area contributed by atoms with Crippen LogP contribution in [0.1, 0.15) is 50.3 Å². The number of carbonyl (C=O) groups excluding carboxylic acids is 1. The zero-order valence-electron chi connectivity index (χ0n) is 19.3. The van der Waals surface area contributed by atoms with Gasteiger partial charge in [0, 0.05) is 17.8 Å². The van der Waals surface area contributed by atoms with Gasteiger partial charge in [0.15, 0.2) is 0 Å². The number of dihydropyridines is 1. The van der Waals surface area contributed by atoms with Crippen molar-refractivity contribution in [2.45, 2.75) is 58.4 Å². The summed E-state index contributed by atoms with van der Waals surface area (Å²) in [7, 11) is 0. The minimum absolute atomic E-state index is 0.145. The highest BCUT2D eigenvalue weighted by Crippen LogP contribution is 2.31. The number of nitrogens with one attached hydrogen (secondary N) is 2. The van der Waals surface area contributed by atoms with Gasteiger partial charge < -0.3 is 21.5 Å². The first-order valence-corrected chi connectivity index (χ1v) is 11.4. The Morgan fingerprint density at radius 3 is 2.70 bits per heavy atom. The smallest absolute Gasteiger partial charge is 0.322 e. The fourth-order valence-corrected chi connectivity index (χ4v) is 4.79. The van der Waals surface area contributed by atoms with Crippen molar-refractivity contribution < 1.29 is 14.7 Å². The average Bonchev–Trinajstić information content (AvgIpc) is 2.76. The zero-order valence-corrected chi connectivity index (χ0v) is 19.3. The number of aryl methyl sites for hydroxylation is 1. The molecule has 1 saturated carbocycles. The highest BCUT2D eigenvalue weighted by Gasteiger charge is 2.28. The number of nitrogens with two attached hydrogens (primary N) is 1. The van der Waals surface area contributed by atoms with E-state index < -0.39 is 5.97 Å². The van der Waals surface area contributed by atoms with Crippen molar-refractivity contribution in [3.05, 3.63) is 45.4 Å². The number of anilines is 1. The Labute approximate surface area is 193 Å². The van der Waals surface area contributed by atoms with Gasteiger partial charge in [-0.25, -0.2) is 0 Å². The van der Waals surface area contributed by atoms with Crippen LogP contribution in [-0.4, -0.2) is 47.0 Å². The maximum atomic E-state index is 13.8. The van der Waals surface area contributed by atoms with E-state index >= 15 is 0 Å². The van der Waals surface area contributed by atoms with E-state index in [4.69, 9.17) is 5.73 Å². The topological polar surface area (TPSA) is 139 Å². The fraction of sp³-hybridized carbons (Fsp3) is 0.500. The third-order valence-corrected chi connectivity index (χ3v) is 6.46. The van der Waals surface area contributed by atoms with Crippen LogP contribution >= 0.6 is 0 Å². The van der Waals surface area contributed by atoms with E-state index in [9.17, 15) is 19.5 Å². The highest BCUT2D eigenvalue weighted by molar-refractivity contribution is 6.19. The molecule has 178 valence electrons. The van der Waals surface area contributed by atoms with Crippen LogP contribution in [0.5, 0.6) is 0 Å². The van der Waals surface area contributed by atoms with Gasteiger partial charge in [0.05, 0.1) is 11.7 Å². The minimum atomic E-state index is -1.05. The van der Waals surface area contributed by atoms with Gasteiger partial charge in [0.2, 0.25) is 6.41 Å². The number of hydrogen-bond acceptors (Lipinski definition) is 6. The van der Waals surface area contributed by atoms with Crippen LogP contribution in [0.4, 0.5) is 5.69 Å². The number of aliphatic carboxylic acids is 1. The predicted octanol–water partition coefficient (Wildman–Crippen LogP) is 2.05. The van der Waals surface area contributed by atoms with E-state index in [-0.39, 0.29) is 36.2 Å². The summed E-state index contributed by atoms with van der Waals surface area (Å²) in [4.78, 5) is 40.4. The number of carboxylic acid groups (broad SMARTS) is 1. The lowest BCUT2D eigenvalue weighted by molar-refractivity contribution is -0.134. The number of pyridine rings is 1. The molecule has 2 aliphatic rings. The van der Waals surface area contributed by atoms with Crippen molar-refractivity contribution in [3.63, 3.8) is 0 Å². The molecule has 1 aliphatic carbocycles. The summed E-state index contributed by atoms with van der Waals surface area (Å²) in [6, 6.07) is 1.63. The number of rotatable bonds is 9. The molecule has 0 bridgehead atoms. The van der Waals surface area contributed by atoms with Crippen molar-refractivity contribution in [3.8, 4) is 0 Å². The second-order valence-electron chi connectivity index (χ2n) is 8.82. The molecule has 1 fully saturated rings. The molecular formula is C24H33N5O4. The van der Waals surface area contributed by atoms with E-state index in [2.05, 4.69) is 22.2 Å². The number of amides is 1. The van der Waals surface area contributed by atoms with Gasteiger partial charge in [-0.15, -0.1) is 0 Å². The minimum Gasteiger partial charge on any atom is -0.480 e. The van der Waals surface area contributed by atoms with Crippen LogP contribution < -0.4 is 21.9 Å². The Kier molecular flexibility index (Phi) is 7.73. The number of aliphatic imine (C=N–C) groups is 1. The van der Waals surface area contributed by atoms with Gasteiger partial charge in [-0.2, -0.15) is 0 Å². The molecule has 1 aliphatic heterocycles. The number of nitrogens with zero attached hydrogens (tertiary/aromatic N) is 2. The molecule has 5 N–H and O–H groups in total. The normalized spacial score (nSPS) is 19.3. The summed E-state index contributed by atoms with van der Waals surface area (Å²) < 4.78 is 1.45. The van der Waals surface area contributed by atoms with Gasteiger partial charge in [0.25, 0.3) is 5.56 Å². The molecule has 33 heavy (non-hydrogen) atoms. The molecule has 0 aromatic carbocycles. The molecule has 3 rings (SSSR count). The number of carboxylic acids is 1. The zero-order chi connectivity index (χ0) is 24.1. The molecule has 1 atom stereocenters. The third kappa shape index (κ3) is 5.35. The van der Waals surface area contributed by atoms with Crippen LogP contribution in [0.25, 0.3) is 5.70 Å². The van der Waals surface area contributed by atoms with Gasteiger partial charge in [-0.3, -0.25) is 23.9 Å². The van der Waals surface area contributed by atoms with Crippen LogP contribution in [0.2, 0.25) is 0 Å². The number of carbonyl (C=O) groups is 2. The molecular weight excluding hydrogens is 422 g/mol.